The Hall–Kier alpha value is -3.31. The van der Waals surface area contributed by atoms with Crippen LogP contribution in [-0.4, -0.2) is 25.7 Å². The third kappa shape index (κ3) is 4.28. The predicted molar refractivity (Wildman–Crippen MR) is 123 cm³/mol. The van der Waals surface area contributed by atoms with Crippen molar-refractivity contribution in [3.8, 4) is 11.5 Å². The van der Waals surface area contributed by atoms with Crippen molar-refractivity contribution in [3.63, 3.8) is 0 Å². The minimum Gasteiger partial charge on any atom is -0.493 e. The van der Waals surface area contributed by atoms with Gasteiger partial charge in [0.25, 0.3) is 0 Å². The van der Waals surface area contributed by atoms with Gasteiger partial charge in [0.15, 0.2) is 11.5 Å². The molecule has 0 aliphatic carbocycles. The highest BCUT2D eigenvalue weighted by Crippen LogP contribution is 2.40. The van der Waals surface area contributed by atoms with Crippen molar-refractivity contribution >= 4 is 10.9 Å². The summed E-state index contributed by atoms with van der Waals surface area (Å²) in [7, 11) is 3.32. The van der Waals surface area contributed by atoms with Crippen LogP contribution in [-0.2, 0) is 0 Å². The SMILES string of the molecule is COc1cccc([C@@H](CN[C@@H](C)c2ccc(F)cc2)c2c[nH]c3ccccc23)c1OC. The molecule has 4 rings (SSSR count). The summed E-state index contributed by atoms with van der Waals surface area (Å²) in [6.07, 6.45) is 2.07. The van der Waals surface area contributed by atoms with E-state index in [1.165, 1.54) is 23.1 Å². The van der Waals surface area contributed by atoms with Crippen molar-refractivity contribution in [3.05, 3.63) is 95.4 Å². The molecule has 4 aromatic rings. The number of ether oxygens (including phenoxy) is 2. The predicted octanol–water partition coefficient (Wildman–Crippen LogP) is 5.81. The van der Waals surface area contributed by atoms with Gasteiger partial charge in [-0.25, -0.2) is 4.39 Å². The number of halogens is 1. The van der Waals surface area contributed by atoms with E-state index in [-0.39, 0.29) is 17.8 Å². The minimum absolute atomic E-state index is 0.0177. The summed E-state index contributed by atoms with van der Waals surface area (Å²) in [6, 6.07) is 20.9. The molecule has 0 radical (unpaired) electrons. The number of rotatable bonds is 8. The maximum Gasteiger partial charge on any atom is 0.164 e. The fraction of sp³-hybridized carbons (Fsp3) is 0.231. The summed E-state index contributed by atoms with van der Waals surface area (Å²) in [6.45, 7) is 2.76. The highest BCUT2D eigenvalue weighted by Gasteiger charge is 2.24. The van der Waals surface area contributed by atoms with Crippen LogP contribution in [0.3, 0.4) is 0 Å². The number of H-pyrrole nitrogens is 1. The number of nitrogens with one attached hydrogen (secondary N) is 2. The third-order valence-electron chi connectivity index (χ3n) is 5.80. The molecule has 0 fully saturated rings. The van der Waals surface area contributed by atoms with Crippen molar-refractivity contribution in [1.82, 2.24) is 10.3 Å². The molecular weight excluding hydrogens is 391 g/mol. The van der Waals surface area contributed by atoms with Gasteiger partial charge in [0.1, 0.15) is 5.82 Å². The van der Waals surface area contributed by atoms with Crippen LogP contribution < -0.4 is 14.8 Å². The zero-order valence-corrected chi connectivity index (χ0v) is 18.0. The molecular formula is C26H27FN2O2. The Bertz CT molecular complexity index is 1150. The van der Waals surface area contributed by atoms with E-state index in [9.17, 15) is 4.39 Å². The summed E-state index contributed by atoms with van der Waals surface area (Å²) in [4.78, 5) is 3.39. The molecule has 4 nitrogen and oxygen atoms in total. The number of aromatic amines is 1. The number of fused-ring (bicyclic) bond motifs is 1. The van der Waals surface area contributed by atoms with Crippen LogP contribution in [0.25, 0.3) is 10.9 Å². The first-order valence-electron chi connectivity index (χ1n) is 10.4. The standard InChI is InChI=1S/C26H27FN2O2/c1-17(18-11-13-19(27)14-12-18)28-15-23(21-8-6-10-25(30-2)26(21)31-3)22-16-29-24-9-5-4-7-20(22)24/h4-14,16-17,23,28-29H,15H2,1-3H3/t17-,23+/m0/s1. The lowest BCUT2D eigenvalue weighted by Crippen LogP contribution is -2.25. The van der Waals surface area contributed by atoms with E-state index in [0.717, 1.165) is 22.4 Å². The molecule has 0 spiro atoms. The Labute approximate surface area is 182 Å². The molecule has 2 atom stereocenters. The summed E-state index contributed by atoms with van der Waals surface area (Å²) in [5, 5.41) is 4.80. The molecule has 0 unspecified atom stereocenters. The fourth-order valence-electron chi connectivity index (χ4n) is 4.12. The molecule has 0 bridgehead atoms. The van der Waals surface area contributed by atoms with Gasteiger partial charge in [-0.05, 0) is 42.3 Å². The molecule has 0 amide bonds. The molecule has 5 heteroatoms. The molecule has 31 heavy (non-hydrogen) atoms. The van der Waals surface area contributed by atoms with Gasteiger partial charge in [-0.2, -0.15) is 0 Å². The van der Waals surface area contributed by atoms with E-state index >= 15 is 0 Å². The van der Waals surface area contributed by atoms with E-state index in [2.05, 4.69) is 41.6 Å². The second kappa shape index (κ2) is 9.23. The van der Waals surface area contributed by atoms with Crippen molar-refractivity contribution < 1.29 is 13.9 Å². The van der Waals surface area contributed by atoms with Gasteiger partial charge in [0.2, 0.25) is 0 Å². The normalized spacial score (nSPS) is 13.2. The van der Waals surface area contributed by atoms with Gasteiger partial charge >= 0.3 is 0 Å². The number of methoxy groups -OCH3 is 2. The Kier molecular flexibility index (Phi) is 6.23. The number of para-hydroxylation sites is 2. The Balaban J connectivity index is 1.72. The summed E-state index contributed by atoms with van der Waals surface area (Å²) in [5.74, 6) is 1.23. The first kappa shape index (κ1) is 20.9. The van der Waals surface area contributed by atoms with Gasteiger partial charge in [0, 0.05) is 41.2 Å². The summed E-state index contributed by atoms with van der Waals surface area (Å²) in [5.41, 5.74) is 4.36. The first-order chi connectivity index (χ1) is 15.1. The van der Waals surface area contributed by atoms with E-state index in [1.54, 1.807) is 14.2 Å². The van der Waals surface area contributed by atoms with Crippen LogP contribution in [0.2, 0.25) is 0 Å². The monoisotopic (exact) mass is 418 g/mol. The quantitative estimate of drug-likeness (QED) is 0.380. The van der Waals surface area contributed by atoms with Crippen LogP contribution in [0, 0.1) is 5.82 Å². The molecule has 2 N–H and O–H groups in total. The largest absolute Gasteiger partial charge is 0.493 e. The molecule has 3 aromatic carbocycles. The average Bonchev–Trinajstić information content (AvgIpc) is 3.23. The topological polar surface area (TPSA) is 46.3 Å². The number of benzene rings is 3. The van der Waals surface area contributed by atoms with E-state index in [0.29, 0.717) is 12.3 Å². The lowest BCUT2D eigenvalue weighted by molar-refractivity contribution is 0.350. The van der Waals surface area contributed by atoms with Crippen LogP contribution in [0.4, 0.5) is 4.39 Å². The lowest BCUT2D eigenvalue weighted by atomic mass is 9.89. The zero-order valence-electron chi connectivity index (χ0n) is 18.0. The average molecular weight is 419 g/mol. The Morgan fingerprint density at radius 2 is 1.68 bits per heavy atom. The second-order valence-corrected chi connectivity index (χ2v) is 7.61. The molecule has 160 valence electrons. The minimum atomic E-state index is -0.228. The van der Waals surface area contributed by atoms with E-state index in [1.807, 2.05) is 36.4 Å². The van der Waals surface area contributed by atoms with Crippen molar-refractivity contribution in [2.45, 2.75) is 18.9 Å². The lowest BCUT2D eigenvalue weighted by Gasteiger charge is -2.24. The maximum atomic E-state index is 13.3. The Morgan fingerprint density at radius 1 is 0.903 bits per heavy atom. The van der Waals surface area contributed by atoms with Crippen LogP contribution in [0.1, 0.15) is 35.6 Å². The Morgan fingerprint density at radius 3 is 2.42 bits per heavy atom. The molecule has 1 aromatic heterocycles. The van der Waals surface area contributed by atoms with E-state index in [4.69, 9.17) is 9.47 Å². The van der Waals surface area contributed by atoms with Gasteiger partial charge in [-0.15, -0.1) is 0 Å². The summed E-state index contributed by atoms with van der Waals surface area (Å²) >= 11 is 0. The smallest absolute Gasteiger partial charge is 0.164 e. The zero-order chi connectivity index (χ0) is 21.8. The molecule has 0 saturated heterocycles. The number of aromatic nitrogens is 1. The molecule has 0 aliphatic heterocycles. The third-order valence-corrected chi connectivity index (χ3v) is 5.80. The van der Waals surface area contributed by atoms with Crippen molar-refractivity contribution in [2.75, 3.05) is 20.8 Å². The molecule has 0 aliphatic rings. The number of hydrogen-bond acceptors (Lipinski definition) is 3. The van der Waals surface area contributed by atoms with Crippen molar-refractivity contribution in [1.29, 1.82) is 0 Å². The number of hydrogen-bond donors (Lipinski definition) is 2. The van der Waals surface area contributed by atoms with Gasteiger partial charge in [-0.3, -0.25) is 0 Å². The highest BCUT2D eigenvalue weighted by molar-refractivity contribution is 5.84. The highest BCUT2D eigenvalue weighted by atomic mass is 19.1. The molecule has 0 saturated carbocycles. The van der Waals surface area contributed by atoms with E-state index < -0.39 is 0 Å². The van der Waals surface area contributed by atoms with Crippen LogP contribution in [0.5, 0.6) is 11.5 Å². The van der Waals surface area contributed by atoms with Crippen LogP contribution in [0.15, 0.2) is 72.9 Å². The van der Waals surface area contributed by atoms with Gasteiger partial charge in [0.05, 0.1) is 14.2 Å². The van der Waals surface area contributed by atoms with Crippen molar-refractivity contribution in [2.24, 2.45) is 0 Å². The second-order valence-electron chi connectivity index (χ2n) is 7.61. The summed E-state index contributed by atoms with van der Waals surface area (Å²) < 4.78 is 24.6. The van der Waals surface area contributed by atoms with Gasteiger partial charge < -0.3 is 19.8 Å². The maximum absolute atomic E-state index is 13.3. The fourth-order valence-corrected chi connectivity index (χ4v) is 4.12. The first-order valence-corrected chi connectivity index (χ1v) is 10.4. The molecule has 1 heterocycles. The van der Waals surface area contributed by atoms with Crippen LogP contribution >= 0.6 is 0 Å². The van der Waals surface area contributed by atoms with Gasteiger partial charge in [-0.1, -0.05) is 42.5 Å².